The Balaban J connectivity index is 1.57. The summed E-state index contributed by atoms with van der Waals surface area (Å²) in [7, 11) is 0. The minimum atomic E-state index is -0.996. The first-order valence-electron chi connectivity index (χ1n) is 8.26. The number of nitrogens with zero attached hydrogens (tertiary/aromatic N) is 5. The molecule has 0 unspecified atom stereocenters. The number of hydrogen-bond donors (Lipinski definition) is 2. The van der Waals surface area contributed by atoms with E-state index in [1.807, 2.05) is 17.9 Å². The molecule has 0 spiro atoms. The van der Waals surface area contributed by atoms with Gasteiger partial charge in [0.25, 0.3) is 0 Å². The summed E-state index contributed by atoms with van der Waals surface area (Å²) in [5.74, 6) is 0.573. The summed E-state index contributed by atoms with van der Waals surface area (Å²) in [6.07, 6.45) is 3.05. The van der Waals surface area contributed by atoms with Crippen molar-refractivity contribution in [3.63, 3.8) is 0 Å². The number of carbonyl (C=O) groups excluding carboxylic acids is 1. The van der Waals surface area contributed by atoms with Gasteiger partial charge in [-0.05, 0) is 26.7 Å². The molecule has 134 valence electrons. The monoisotopic (exact) mass is 346 g/mol. The van der Waals surface area contributed by atoms with Crippen molar-refractivity contribution >= 4 is 11.7 Å². The number of amides is 1. The summed E-state index contributed by atoms with van der Waals surface area (Å²) < 4.78 is 4.59. The molecule has 9 nitrogen and oxygen atoms in total. The molecule has 0 aromatic carbocycles. The zero-order chi connectivity index (χ0) is 17.9. The fraction of sp³-hybridized carbons (Fsp3) is 0.562. The van der Waals surface area contributed by atoms with Gasteiger partial charge in [0.15, 0.2) is 0 Å². The minimum Gasteiger partial charge on any atom is -0.386 e. The van der Waals surface area contributed by atoms with Gasteiger partial charge in [-0.3, -0.25) is 4.79 Å². The van der Waals surface area contributed by atoms with Gasteiger partial charge in [-0.25, -0.2) is 14.6 Å². The first-order chi connectivity index (χ1) is 12.0. The van der Waals surface area contributed by atoms with Gasteiger partial charge in [0.1, 0.15) is 23.5 Å². The molecule has 25 heavy (non-hydrogen) atoms. The number of carbonyl (C=O) groups is 1. The van der Waals surface area contributed by atoms with Crippen LogP contribution in [-0.2, 0) is 11.2 Å². The van der Waals surface area contributed by atoms with Crippen LogP contribution in [-0.4, -0.2) is 56.5 Å². The van der Waals surface area contributed by atoms with Gasteiger partial charge < -0.3 is 15.3 Å². The van der Waals surface area contributed by atoms with Gasteiger partial charge in [0, 0.05) is 31.4 Å². The fourth-order valence-corrected chi connectivity index (χ4v) is 2.95. The number of aromatic nitrogens is 4. The van der Waals surface area contributed by atoms with E-state index in [4.69, 9.17) is 0 Å². The standard InChI is InChI=1S/C16H22N6O3/c1-11-6-14(19-10-18-11)22-5-3-4-16(24,9-22)8-17-15(23)7-13-12(2)20-25-21-13/h6,10,24H,3-5,7-9H2,1-2H3,(H,17,23)/t16-/m1/s1. The molecule has 3 rings (SSSR count). The van der Waals surface area contributed by atoms with Crippen LogP contribution in [0.1, 0.15) is 29.9 Å². The van der Waals surface area contributed by atoms with Crippen LogP contribution in [0.25, 0.3) is 0 Å². The number of nitrogens with one attached hydrogen (secondary N) is 1. The molecule has 1 fully saturated rings. The lowest BCUT2D eigenvalue weighted by molar-refractivity contribution is -0.121. The highest BCUT2D eigenvalue weighted by molar-refractivity contribution is 5.78. The number of anilines is 1. The van der Waals surface area contributed by atoms with E-state index in [9.17, 15) is 9.90 Å². The zero-order valence-electron chi connectivity index (χ0n) is 14.4. The van der Waals surface area contributed by atoms with Crippen molar-refractivity contribution in [2.24, 2.45) is 0 Å². The average molecular weight is 346 g/mol. The van der Waals surface area contributed by atoms with Crippen molar-refractivity contribution in [1.82, 2.24) is 25.6 Å². The molecule has 0 saturated carbocycles. The Hall–Kier alpha value is -2.55. The van der Waals surface area contributed by atoms with E-state index in [0.29, 0.717) is 24.4 Å². The molecule has 0 radical (unpaired) electrons. The van der Waals surface area contributed by atoms with E-state index >= 15 is 0 Å². The lowest BCUT2D eigenvalue weighted by Crippen LogP contribution is -2.54. The van der Waals surface area contributed by atoms with E-state index in [-0.39, 0.29) is 18.9 Å². The largest absolute Gasteiger partial charge is 0.386 e. The third-order valence-electron chi connectivity index (χ3n) is 4.36. The Morgan fingerprint density at radius 1 is 1.40 bits per heavy atom. The maximum Gasteiger partial charge on any atom is 0.226 e. The summed E-state index contributed by atoms with van der Waals surface area (Å²) in [5, 5.41) is 21.0. The van der Waals surface area contributed by atoms with Crippen LogP contribution in [0.3, 0.4) is 0 Å². The van der Waals surface area contributed by atoms with Crippen molar-refractivity contribution in [1.29, 1.82) is 0 Å². The molecule has 9 heteroatoms. The molecule has 0 aliphatic carbocycles. The van der Waals surface area contributed by atoms with Crippen molar-refractivity contribution in [3.8, 4) is 0 Å². The van der Waals surface area contributed by atoms with Gasteiger partial charge in [-0.15, -0.1) is 0 Å². The van der Waals surface area contributed by atoms with Crippen molar-refractivity contribution < 1.29 is 14.5 Å². The Morgan fingerprint density at radius 3 is 2.96 bits per heavy atom. The Bertz CT molecular complexity index is 749. The predicted octanol–water partition coefficient (Wildman–Crippen LogP) is 0.167. The van der Waals surface area contributed by atoms with E-state index in [0.717, 1.165) is 24.5 Å². The summed E-state index contributed by atoms with van der Waals surface area (Å²) in [6.45, 7) is 5.04. The molecular weight excluding hydrogens is 324 g/mol. The normalized spacial score (nSPS) is 20.5. The fourth-order valence-electron chi connectivity index (χ4n) is 2.95. The number of aliphatic hydroxyl groups is 1. The molecule has 1 aliphatic heterocycles. The number of hydrogen-bond acceptors (Lipinski definition) is 8. The third kappa shape index (κ3) is 4.30. The Labute approximate surface area is 145 Å². The number of aryl methyl sites for hydroxylation is 2. The SMILES string of the molecule is Cc1cc(N2CCC[C@@](O)(CNC(=O)Cc3nonc3C)C2)ncn1. The topological polar surface area (TPSA) is 117 Å². The minimum absolute atomic E-state index is 0.0836. The first-order valence-corrected chi connectivity index (χ1v) is 8.26. The molecule has 2 N–H and O–H groups in total. The number of rotatable bonds is 5. The van der Waals surface area contributed by atoms with Crippen LogP contribution < -0.4 is 10.2 Å². The van der Waals surface area contributed by atoms with Crippen LogP contribution in [0.15, 0.2) is 17.0 Å². The molecule has 2 aromatic heterocycles. The van der Waals surface area contributed by atoms with E-state index in [1.54, 1.807) is 6.92 Å². The van der Waals surface area contributed by atoms with E-state index < -0.39 is 5.60 Å². The molecule has 2 aromatic rings. The van der Waals surface area contributed by atoms with Gasteiger partial charge in [0.2, 0.25) is 5.91 Å². The second-order valence-corrected chi connectivity index (χ2v) is 6.52. The lowest BCUT2D eigenvalue weighted by atomic mass is 9.92. The molecule has 1 aliphatic rings. The number of β-amino-alcohol motifs (C(OH)–C–C–N with tert-alkyl or cyclic N) is 1. The Morgan fingerprint density at radius 2 is 2.24 bits per heavy atom. The van der Waals surface area contributed by atoms with Gasteiger partial charge in [-0.1, -0.05) is 10.3 Å². The van der Waals surface area contributed by atoms with Gasteiger partial charge in [0.05, 0.1) is 12.0 Å². The summed E-state index contributed by atoms with van der Waals surface area (Å²) in [5.41, 5.74) is 0.983. The molecule has 3 heterocycles. The zero-order valence-corrected chi connectivity index (χ0v) is 14.4. The predicted molar refractivity (Wildman–Crippen MR) is 88.9 cm³/mol. The summed E-state index contributed by atoms with van der Waals surface area (Å²) in [6, 6.07) is 1.89. The van der Waals surface area contributed by atoms with E-state index in [1.165, 1.54) is 6.33 Å². The van der Waals surface area contributed by atoms with Crippen LogP contribution in [0.5, 0.6) is 0 Å². The highest BCUT2D eigenvalue weighted by Crippen LogP contribution is 2.24. The van der Waals surface area contributed by atoms with Crippen LogP contribution >= 0.6 is 0 Å². The quantitative estimate of drug-likeness (QED) is 0.786. The van der Waals surface area contributed by atoms with Crippen molar-refractivity contribution in [3.05, 3.63) is 29.5 Å². The van der Waals surface area contributed by atoms with Gasteiger partial charge >= 0.3 is 0 Å². The summed E-state index contributed by atoms with van der Waals surface area (Å²) in [4.78, 5) is 22.5. The third-order valence-corrected chi connectivity index (χ3v) is 4.36. The van der Waals surface area contributed by atoms with Crippen molar-refractivity contribution in [2.45, 2.75) is 38.7 Å². The summed E-state index contributed by atoms with van der Waals surface area (Å²) >= 11 is 0. The molecule has 1 amide bonds. The highest BCUT2D eigenvalue weighted by atomic mass is 16.6. The van der Waals surface area contributed by atoms with E-state index in [2.05, 4.69) is 30.2 Å². The molecule has 1 saturated heterocycles. The van der Waals surface area contributed by atoms with Crippen molar-refractivity contribution in [2.75, 3.05) is 24.5 Å². The second-order valence-electron chi connectivity index (χ2n) is 6.52. The Kier molecular flexibility index (Phi) is 4.93. The first kappa shape index (κ1) is 17.3. The van der Waals surface area contributed by atoms with Crippen LogP contribution in [0.2, 0.25) is 0 Å². The molecule has 0 bridgehead atoms. The maximum atomic E-state index is 12.1. The maximum absolute atomic E-state index is 12.1. The van der Waals surface area contributed by atoms with Gasteiger partial charge in [-0.2, -0.15) is 0 Å². The average Bonchev–Trinajstić information content (AvgIpc) is 2.98. The highest BCUT2D eigenvalue weighted by Gasteiger charge is 2.34. The molecule has 1 atom stereocenters. The van der Waals surface area contributed by atoms with Crippen LogP contribution in [0.4, 0.5) is 5.82 Å². The lowest BCUT2D eigenvalue weighted by Gasteiger charge is -2.39. The van der Waals surface area contributed by atoms with Crippen LogP contribution in [0, 0.1) is 13.8 Å². The second kappa shape index (κ2) is 7.14. The molecular formula is C16H22N6O3. The smallest absolute Gasteiger partial charge is 0.226 e. The number of piperidine rings is 1.